The second kappa shape index (κ2) is 8.81. The van der Waals surface area contributed by atoms with Crippen LogP contribution < -0.4 is 10.9 Å². The summed E-state index contributed by atoms with van der Waals surface area (Å²) in [6.45, 7) is 8.66. The van der Waals surface area contributed by atoms with Crippen molar-refractivity contribution in [2.24, 2.45) is 7.05 Å². The average Bonchev–Trinajstić information content (AvgIpc) is 2.78. The van der Waals surface area contributed by atoms with E-state index in [1.807, 2.05) is 36.4 Å². The molecule has 4 rings (SSSR count). The molecule has 156 valence electrons. The second-order valence-corrected chi connectivity index (χ2v) is 7.83. The van der Waals surface area contributed by atoms with Gasteiger partial charge in [-0.05, 0) is 30.3 Å². The van der Waals surface area contributed by atoms with Gasteiger partial charge in [-0.15, -0.1) is 0 Å². The number of nitrogens with one attached hydrogen (secondary N) is 1. The summed E-state index contributed by atoms with van der Waals surface area (Å²) in [5.74, 6) is -0.271. The molecule has 0 radical (unpaired) electrons. The smallest absolute Gasteiger partial charge is 0.256 e. The number of aromatic nitrogens is 1. The van der Waals surface area contributed by atoms with E-state index in [1.165, 1.54) is 11.6 Å². The number of rotatable bonds is 5. The van der Waals surface area contributed by atoms with E-state index in [9.17, 15) is 9.59 Å². The summed E-state index contributed by atoms with van der Waals surface area (Å²) in [4.78, 5) is 30.1. The maximum Gasteiger partial charge on any atom is 0.256 e. The van der Waals surface area contributed by atoms with Crippen LogP contribution in [-0.4, -0.2) is 53.0 Å². The van der Waals surface area contributed by atoms with Crippen LogP contribution in [0.2, 0.25) is 0 Å². The predicted molar refractivity (Wildman–Crippen MR) is 121 cm³/mol. The van der Waals surface area contributed by atoms with Crippen molar-refractivity contribution in [3.05, 3.63) is 76.1 Å². The Bertz CT molecular complexity index is 1100. The second-order valence-electron chi connectivity index (χ2n) is 7.83. The zero-order valence-corrected chi connectivity index (χ0v) is 17.6. The third-order valence-corrected chi connectivity index (χ3v) is 5.93. The molecule has 6 nitrogen and oxygen atoms in total. The quantitative estimate of drug-likeness (QED) is 0.710. The minimum atomic E-state index is -0.271. The zero-order chi connectivity index (χ0) is 21.1. The number of hydrogen-bond donors (Lipinski definition) is 1. The Labute approximate surface area is 176 Å². The van der Waals surface area contributed by atoms with Crippen molar-refractivity contribution in [1.82, 2.24) is 14.4 Å². The molecule has 6 heteroatoms. The summed E-state index contributed by atoms with van der Waals surface area (Å²) in [6, 6.07) is 16.8. The SMILES string of the molecule is CCN1CCN(Cc2ccc(NC(=O)c3cc(=O)n(C)c4ccccc34)cc2)CC1. The lowest BCUT2D eigenvalue weighted by atomic mass is 10.1. The zero-order valence-electron chi connectivity index (χ0n) is 17.6. The van der Waals surface area contributed by atoms with Gasteiger partial charge in [0.2, 0.25) is 0 Å². The molecule has 1 aromatic heterocycles. The Balaban J connectivity index is 1.45. The standard InChI is InChI=1S/C24H28N4O2/c1-3-27-12-14-28(15-13-27)17-18-8-10-19(11-9-18)25-24(30)21-16-23(29)26(2)22-7-5-4-6-20(21)22/h4-11,16H,3,12-15,17H2,1-2H3,(H,25,30). The van der Waals surface area contributed by atoms with Gasteiger partial charge in [-0.1, -0.05) is 37.3 Å². The number of benzene rings is 2. The van der Waals surface area contributed by atoms with Crippen LogP contribution in [0.5, 0.6) is 0 Å². The lowest BCUT2D eigenvalue weighted by Crippen LogP contribution is -2.45. The number of hydrogen-bond acceptors (Lipinski definition) is 4. The molecule has 0 spiro atoms. The average molecular weight is 405 g/mol. The van der Waals surface area contributed by atoms with E-state index < -0.39 is 0 Å². The highest BCUT2D eigenvalue weighted by atomic mass is 16.2. The molecule has 0 saturated carbocycles. The Morgan fingerprint density at radius 1 is 0.967 bits per heavy atom. The van der Waals surface area contributed by atoms with Crippen molar-refractivity contribution < 1.29 is 4.79 Å². The summed E-state index contributed by atoms with van der Waals surface area (Å²) < 4.78 is 1.56. The third kappa shape index (κ3) is 4.30. The molecule has 1 saturated heterocycles. The normalized spacial score (nSPS) is 15.4. The van der Waals surface area contributed by atoms with Gasteiger partial charge >= 0.3 is 0 Å². The Morgan fingerprint density at radius 3 is 2.33 bits per heavy atom. The Kier molecular flexibility index (Phi) is 5.97. The molecule has 30 heavy (non-hydrogen) atoms. The number of nitrogens with zero attached hydrogens (tertiary/aromatic N) is 3. The highest BCUT2D eigenvalue weighted by Gasteiger charge is 2.16. The monoisotopic (exact) mass is 404 g/mol. The van der Waals surface area contributed by atoms with E-state index in [0.717, 1.165) is 55.9 Å². The molecular formula is C24H28N4O2. The molecule has 1 aliphatic heterocycles. The fourth-order valence-electron chi connectivity index (χ4n) is 4.01. The molecule has 1 aliphatic rings. The predicted octanol–water partition coefficient (Wildman–Crippen LogP) is 2.93. The lowest BCUT2D eigenvalue weighted by Gasteiger charge is -2.34. The van der Waals surface area contributed by atoms with Crippen LogP contribution in [0.15, 0.2) is 59.4 Å². The number of pyridine rings is 1. The van der Waals surface area contributed by atoms with Gasteiger partial charge in [0, 0.05) is 56.9 Å². The topological polar surface area (TPSA) is 57.6 Å². The first kappa shape index (κ1) is 20.3. The van der Waals surface area contributed by atoms with Crippen LogP contribution >= 0.6 is 0 Å². The van der Waals surface area contributed by atoms with Crippen LogP contribution in [0.1, 0.15) is 22.8 Å². The number of carbonyl (C=O) groups is 1. The Hall–Kier alpha value is -2.96. The highest BCUT2D eigenvalue weighted by Crippen LogP contribution is 2.19. The minimum absolute atomic E-state index is 0.197. The maximum absolute atomic E-state index is 12.9. The van der Waals surface area contributed by atoms with Gasteiger partial charge in [0.15, 0.2) is 0 Å². The van der Waals surface area contributed by atoms with Crippen molar-refractivity contribution in [3.8, 4) is 0 Å². The molecule has 0 aliphatic carbocycles. The molecular weight excluding hydrogens is 376 g/mol. The van der Waals surface area contributed by atoms with Crippen molar-refractivity contribution in [2.45, 2.75) is 13.5 Å². The van der Waals surface area contributed by atoms with Gasteiger partial charge in [0.25, 0.3) is 11.5 Å². The van der Waals surface area contributed by atoms with Crippen LogP contribution in [0.3, 0.4) is 0 Å². The Morgan fingerprint density at radius 2 is 1.63 bits per heavy atom. The molecule has 2 aromatic carbocycles. The fraction of sp³-hybridized carbons (Fsp3) is 0.333. The first-order valence-electron chi connectivity index (χ1n) is 10.5. The fourth-order valence-corrected chi connectivity index (χ4v) is 4.01. The van der Waals surface area contributed by atoms with Crippen LogP contribution in [-0.2, 0) is 13.6 Å². The molecule has 1 fully saturated rings. The van der Waals surface area contributed by atoms with Gasteiger partial charge in [0.05, 0.1) is 11.1 Å². The molecule has 0 atom stereocenters. The molecule has 2 heterocycles. The van der Waals surface area contributed by atoms with Crippen LogP contribution in [0, 0.1) is 0 Å². The summed E-state index contributed by atoms with van der Waals surface area (Å²) in [7, 11) is 1.72. The van der Waals surface area contributed by atoms with E-state index in [4.69, 9.17) is 0 Å². The number of para-hydroxylation sites is 1. The van der Waals surface area contributed by atoms with Crippen LogP contribution in [0.25, 0.3) is 10.9 Å². The molecule has 1 N–H and O–H groups in total. The number of likely N-dealkylation sites (N-methyl/N-ethyl adjacent to an activating group) is 1. The van der Waals surface area contributed by atoms with Gasteiger partial charge in [-0.2, -0.15) is 0 Å². The lowest BCUT2D eigenvalue weighted by molar-refractivity contribution is 0.102. The maximum atomic E-state index is 12.9. The van der Waals surface area contributed by atoms with Gasteiger partial charge < -0.3 is 14.8 Å². The molecule has 0 bridgehead atoms. The number of amides is 1. The van der Waals surface area contributed by atoms with E-state index in [0.29, 0.717) is 5.56 Å². The summed E-state index contributed by atoms with van der Waals surface area (Å²) >= 11 is 0. The van der Waals surface area contributed by atoms with Crippen molar-refractivity contribution in [2.75, 3.05) is 38.0 Å². The van der Waals surface area contributed by atoms with E-state index in [-0.39, 0.29) is 11.5 Å². The number of aryl methyl sites for hydroxylation is 1. The first-order chi connectivity index (χ1) is 14.5. The van der Waals surface area contributed by atoms with Crippen molar-refractivity contribution >= 4 is 22.5 Å². The van der Waals surface area contributed by atoms with Crippen molar-refractivity contribution in [1.29, 1.82) is 0 Å². The van der Waals surface area contributed by atoms with E-state index in [1.54, 1.807) is 11.6 Å². The first-order valence-corrected chi connectivity index (χ1v) is 10.5. The largest absolute Gasteiger partial charge is 0.322 e. The minimum Gasteiger partial charge on any atom is -0.322 e. The summed E-state index contributed by atoms with van der Waals surface area (Å²) in [6.07, 6.45) is 0. The van der Waals surface area contributed by atoms with Gasteiger partial charge in [-0.25, -0.2) is 0 Å². The summed E-state index contributed by atoms with van der Waals surface area (Å²) in [5, 5.41) is 3.70. The molecule has 3 aromatic rings. The number of carbonyl (C=O) groups excluding carboxylic acids is 1. The van der Waals surface area contributed by atoms with Crippen LogP contribution in [0.4, 0.5) is 5.69 Å². The third-order valence-electron chi connectivity index (χ3n) is 5.93. The summed E-state index contributed by atoms with van der Waals surface area (Å²) in [5.41, 5.74) is 2.90. The number of piperazine rings is 1. The van der Waals surface area contributed by atoms with Crippen molar-refractivity contribution in [3.63, 3.8) is 0 Å². The number of fused-ring (bicyclic) bond motifs is 1. The van der Waals surface area contributed by atoms with E-state index >= 15 is 0 Å². The molecule has 0 unspecified atom stereocenters. The van der Waals surface area contributed by atoms with Gasteiger partial charge in [0.1, 0.15) is 0 Å². The van der Waals surface area contributed by atoms with E-state index in [2.05, 4.69) is 34.2 Å². The number of anilines is 1. The highest BCUT2D eigenvalue weighted by molar-refractivity contribution is 6.12. The van der Waals surface area contributed by atoms with Gasteiger partial charge in [-0.3, -0.25) is 14.5 Å². The molecule has 1 amide bonds.